The summed E-state index contributed by atoms with van der Waals surface area (Å²) < 4.78 is 58.4. The first-order chi connectivity index (χ1) is 33.9. The van der Waals surface area contributed by atoms with Crippen LogP contribution in [0.4, 0.5) is 9.59 Å². The molecule has 0 amide bonds. The highest BCUT2D eigenvalue weighted by Gasteiger charge is 2.49. The maximum absolute atomic E-state index is 13.3. The van der Waals surface area contributed by atoms with Crippen molar-refractivity contribution in [3.8, 4) is 23.0 Å². The van der Waals surface area contributed by atoms with E-state index in [0.29, 0.717) is 31.2 Å². The van der Waals surface area contributed by atoms with Gasteiger partial charge in [-0.3, -0.25) is 4.79 Å². The van der Waals surface area contributed by atoms with Crippen molar-refractivity contribution in [1.29, 1.82) is 0 Å². The summed E-state index contributed by atoms with van der Waals surface area (Å²) in [4.78, 5) is 97.9. The third-order valence-electron chi connectivity index (χ3n) is 10.4. The van der Waals surface area contributed by atoms with Gasteiger partial charge in [-0.05, 0) is 123 Å². The molecule has 2 aliphatic heterocycles. The normalized spacial score (nSPS) is 16.6. The number of hydrogen-bond acceptors (Lipinski definition) is 19. The smallest absolute Gasteiger partial charge is 0.463 e. The number of hydrogen-bond donors (Lipinski definition) is 0. The van der Waals surface area contributed by atoms with Crippen LogP contribution in [-0.4, -0.2) is 106 Å². The Hall–Kier alpha value is -8.16. The number of benzene rings is 4. The zero-order valence-corrected chi connectivity index (χ0v) is 37.7. The Kier molecular flexibility index (Phi) is 18.9. The number of carbonyl (C=O) groups excluding carboxylic acids is 8. The van der Waals surface area contributed by atoms with E-state index in [-0.39, 0.29) is 97.5 Å². The van der Waals surface area contributed by atoms with Gasteiger partial charge in [0.2, 0.25) is 0 Å². The van der Waals surface area contributed by atoms with Crippen LogP contribution in [0.5, 0.6) is 23.0 Å². The Labute approximate surface area is 401 Å². The van der Waals surface area contributed by atoms with Gasteiger partial charge in [0, 0.05) is 30.1 Å². The Morgan fingerprint density at radius 2 is 0.829 bits per heavy atom. The Bertz CT molecular complexity index is 2320. The monoisotopic (exact) mass is 964 g/mol. The van der Waals surface area contributed by atoms with Crippen LogP contribution < -0.4 is 18.9 Å². The summed E-state index contributed by atoms with van der Waals surface area (Å²) in [6, 6.07) is 23.0. The Balaban J connectivity index is 0.876. The second-order valence-electron chi connectivity index (χ2n) is 15.4. The number of carbonyl (C=O) groups is 8. The van der Waals surface area contributed by atoms with E-state index in [1.165, 1.54) is 97.1 Å². The van der Waals surface area contributed by atoms with Crippen molar-refractivity contribution in [2.24, 2.45) is 5.92 Å². The number of fused-ring (bicyclic) bond motifs is 1. The molecule has 70 heavy (non-hydrogen) atoms. The molecule has 0 spiro atoms. The number of ketones is 1. The maximum Gasteiger partial charge on any atom is 0.513 e. The summed E-state index contributed by atoms with van der Waals surface area (Å²) in [5.41, 5.74) is 0.902. The molecule has 0 bridgehead atoms. The quantitative estimate of drug-likeness (QED) is 0.0134. The number of unbranched alkanes of at least 4 members (excludes halogenated alkanes) is 2. The van der Waals surface area contributed by atoms with Gasteiger partial charge in [0.25, 0.3) is 0 Å². The Morgan fingerprint density at radius 1 is 0.457 bits per heavy atom. The summed E-state index contributed by atoms with van der Waals surface area (Å²) >= 11 is 0. The van der Waals surface area contributed by atoms with Crippen molar-refractivity contribution in [3.05, 3.63) is 145 Å². The topological polar surface area (TPSA) is 238 Å². The Morgan fingerprint density at radius 3 is 1.26 bits per heavy atom. The van der Waals surface area contributed by atoms with E-state index < -0.39 is 60.5 Å². The fraction of sp³-hybridized carbons (Fsp3) is 0.294. The molecule has 2 aliphatic rings. The number of ether oxygens (including phenoxy) is 11. The van der Waals surface area contributed by atoms with Crippen LogP contribution in [0.3, 0.4) is 0 Å². The van der Waals surface area contributed by atoms with Gasteiger partial charge in [-0.15, -0.1) is 0 Å². The van der Waals surface area contributed by atoms with Crippen LogP contribution in [0.2, 0.25) is 0 Å². The fourth-order valence-electron chi connectivity index (χ4n) is 6.83. The number of esters is 5. The highest BCUT2D eigenvalue weighted by atomic mass is 16.7. The first-order valence-electron chi connectivity index (χ1n) is 22.0. The summed E-state index contributed by atoms with van der Waals surface area (Å²) in [5.74, 6) is -2.98. The first-order valence-corrected chi connectivity index (χ1v) is 22.0. The molecule has 6 rings (SSSR count). The SMILES string of the molecule is C=CC(=O)OCCCCOC(=O)Oc1ccc(C(=O)Oc2ccc(C(=O)C[C@H]3CO[C@H]4[C@@H]3OC[C@H]4OC(=O)c3ccc(OC(=O)c4ccc(OC(=O)OCCCCOC(=O)C=C)cc4)cc3)cc2)cc1. The molecule has 2 fully saturated rings. The second-order valence-corrected chi connectivity index (χ2v) is 15.4. The minimum Gasteiger partial charge on any atom is -0.463 e. The molecule has 366 valence electrons. The minimum atomic E-state index is -0.939. The molecule has 2 saturated heterocycles. The maximum atomic E-state index is 13.3. The van der Waals surface area contributed by atoms with Crippen LogP contribution in [0, 0.1) is 5.92 Å². The van der Waals surface area contributed by atoms with Gasteiger partial charge in [-0.1, -0.05) is 13.2 Å². The summed E-state index contributed by atoms with van der Waals surface area (Å²) in [6.45, 7) is 7.31. The molecule has 0 N–H and O–H groups in total. The zero-order chi connectivity index (χ0) is 49.8. The largest absolute Gasteiger partial charge is 0.513 e. The van der Waals surface area contributed by atoms with Crippen molar-refractivity contribution in [1.82, 2.24) is 0 Å². The highest BCUT2D eigenvalue weighted by Crippen LogP contribution is 2.35. The van der Waals surface area contributed by atoms with E-state index in [4.69, 9.17) is 52.1 Å². The lowest BCUT2D eigenvalue weighted by atomic mass is 9.93. The van der Waals surface area contributed by atoms with Crippen LogP contribution in [0.25, 0.3) is 0 Å². The van der Waals surface area contributed by atoms with Crippen molar-refractivity contribution in [3.63, 3.8) is 0 Å². The molecule has 4 aromatic carbocycles. The van der Waals surface area contributed by atoms with Crippen LogP contribution in [0.15, 0.2) is 122 Å². The van der Waals surface area contributed by atoms with Crippen molar-refractivity contribution in [2.45, 2.75) is 50.4 Å². The lowest BCUT2D eigenvalue weighted by Gasteiger charge is -2.17. The molecule has 0 radical (unpaired) electrons. The van der Waals surface area contributed by atoms with E-state index >= 15 is 0 Å². The van der Waals surface area contributed by atoms with Gasteiger partial charge >= 0.3 is 42.2 Å². The van der Waals surface area contributed by atoms with Gasteiger partial charge in [0.05, 0.1) is 62.4 Å². The van der Waals surface area contributed by atoms with E-state index in [2.05, 4.69) is 13.2 Å². The van der Waals surface area contributed by atoms with Crippen molar-refractivity contribution in [2.75, 3.05) is 39.6 Å². The molecule has 2 heterocycles. The highest BCUT2D eigenvalue weighted by molar-refractivity contribution is 5.97. The van der Waals surface area contributed by atoms with E-state index in [0.717, 1.165) is 12.2 Å². The molecule has 0 aromatic heterocycles. The molecule has 4 aromatic rings. The minimum absolute atomic E-state index is 0.0532. The molecule has 0 unspecified atom stereocenters. The third kappa shape index (κ3) is 15.4. The van der Waals surface area contributed by atoms with Gasteiger partial charge in [-0.2, -0.15) is 0 Å². The van der Waals surface area contributed by atoms with Crippen LogP contribution in [-0.2, 0) is 42.7 Å². The number of rotatable bonds is 23. The summed E-state index contributed by atoms with van der Waals surface area (Å²) in [5, 5.41) is 0. The van der Waals surface area contributed by atoms with E-state index in [1.54, 1.807) is 0 Å². The average molecular weight is 965 g/mol. The van der Waals surface area contributed by atoms with E-state index in [9.17, 15) is 38.4 Å². The number of Topliss-reactive ketones (excluding diaryl/α,β-unsaturated/α-hetero) is 1. The van der Waals surface area contributed by atoms with Crippen molar-refractivity contribution >= 4 is 47.9 Å². The summed E-state index contributed by atoms with van der Waals surface area (Å²) in [6.07, 6.45) is 0.372. The lowest BCUT2D eigenvalue weighted by Crippen LogP contribution is -2.33. The van der Waals surface area contributed by atoms with Gasteiger partial charge in [0.15, 0.2) is 11.9 Å². The molecule has 4 atom stereocenters. The molecular formula is C51H48O19. The zero-order valence-electron chi connectivity index (χ0n) is 37.7. The van der Waals surface area contributed by atoms with Gasteiger partial charge in [-0.25, -0.2) is 33.6 Å². The summed E-state index contributed by atoms with van der Waals surface area (Å²) in [7, 11) is 0. The molecule has 19 nitrogen and oxygen atoms in total. The third-order valence-corrected chi connectivity index (χ3v) is 10.4. The second kappa shape index (κ2) is 25.8. The van der Waals surface area contributed by atoms with Crippen LogP contribution in [0.1, 0.15) is 73.5 Å². The van der Waals surface area contributed by atoms with Gasteiger partial charge in [0.1, 0.15) is 29.1 Å². The standard InChI is InChI=1S/C51H48O19/c1-3-43(53)60-25-5-7-27-62-50(58)68-39-21-13-33(14-22-39)47(55)66-37-17-9-32(10-18-37)41(52)29-36-30-64-46-42(31-65-45(36)46)70-49(57)35-11-19-38(20-12-35)67-48(56)34-15-23-40(24-16-34)69-51(59)63-28-8-6-26-61-44(54)4-2/h3-4,9-24,36,42,45-46H,1-2,5-8,25-31H2/t36-,42+,45+,46+/m0/s1. The first kappa shape index (κ1) is 51.2. The van der Waals surface area contributed by atoms with Crippen LogP contribution >= 0.6 is 0 Å². The predicted octanol–water partition coefficient (Wildman–Crippen LogP) is 7.39. The molecular weight excluding hydrogens is 917 g/mol. The van der Waals surface area contributed by atoms with E-state index in [1.807, 2.05) is 0 Å². The lowest BCUT2D eigenvalue weighted by molar-refractivity contribution is -0.138. The van der Waals surface area contributed by atoms with Crippen molar-refractivity contribution < 1.29 is 90.5 Å². The van der Waals surface area contributed by atoms with Gasteiger partial charge < -0.3 is 52.1 Å². The molecule has 0 saturated carbocycles. The molecule has 0 aliphatic carbocycles. The average Bonchev–Trinajstić information content (AvgIpc) is 3.96. The molecule has 19 heteroatoms. The fourth-order valence-corrected chi connectivity index (χ4v) is 6.83. The predicted molar refractivity (Wildman–Crippen MR) is 242 cm³/mol.